The van der Waals surface area contributed by atoms with Gasteiger partial charge in [-0.05, 0) is 30.2 Å². The molecule has 1 N–H and O–H groups in total. The number of Topliss-reactive ketones (excluding diaryl/α,β-unsaturated/α-hetero) is 1. The van der Waals surface area contributed by atoms with Crippen LogP contribution in [0.5, 0.6) is 11.5 Å². The van der Waals surface area contributed by atoms with Crippen molar-refractivity contribution >= 4 is 17.4 Å². The van der Waals surface area contributed by atoms with Gasteiger partial charge in [-0.1, -0.05) is 30.3 Å². The Kier molecular flexibility index (Phi) is 6.51. The summed E-state index contributed by atoms with van der Waals surface area (Å²) < 4.78 is 16.6. The standard InChI is InChI=1S/C26H28N2O6/c29-24(19-7-8-20-21(17-19)34-16-15-33-20)22-23(18-5-2-1-3-6-18)28(26(31)25(22)30)10-4-9-27-11-13-32-14-12-27/h1-3,5-8,17,23,29H,4,9-16H2/b24-22+. The van der Waals surface area contributed by atoms with Gasteiger partial charge in [-0.3, -0.25) is 14.5 Å². The van der Waals surface area contributed by atoms with Gasteiger partial charge in [-0.2, -0.15) is 0 Å². The number of carbonyl (C=O) groups is 2. The average Bonchev–Trinajstić information content (AvgIpc) is 3.14. The fraction of sp³-hybridized carbons (Fsp3) is 0.385. The number of hydrogen-bond donors (Lipinski definition) is 1. The lowest BCUT2D eigenvalue weighted by Crippen LogP contribution is -2.38. The van der Waals surface area contributed by atoms with Crippen molar-refractivity contribution in [2.24, 2.45) is 0 Å². The number of amides is 1. The Morgan fingerprint density at radius 3 is 2.41 bits per heavy atom. The number of morpholine rings is 1. The molecule has 1 amide bonds. The maximum absolute atomic E-state index is 13.2. The topological polar surface area (TPSA) is 88.5 Å². The Hall–Kier alpha value is -3.36. The van der Waals surface area contributed by atoms with Crippen molar-refractivity contribution in [2.45, 2.75) is 12.5 Å². The van der Waals surface area contributed by atoms with Crippen LogP contribution in [0.3, 0.4) is 0 Å². The van der Waals surface area contributed by atoms with E-state index in [0.29, 0.717) is 50.0 Å². The summed E-state index contributed by atoms with van der Waals surface area (Å²) in [5.74, 6) is -0.375. The van der Waals surface area contributed by atoms with Gasteiger partial charge >= 0.3 is 0 Å². The van der Waals surface area contributed by atoms with Crippen molar-refractivity contribution in [3.05, 3.63) is 65.2 Å². The monoisotopic (exact) mass is 464 g/mol. The quantitative estimate of drug-likeness (QED) is 0.399. The molecule has 2 fully saturated rings. The van der Waals surface area contributed by atoms with E-state index in [2.05, 4.69) is 4.90 Å². The number of nitrogens with zero attached hydrogens (tertiary/aromatic N) is 2. The molecule has 0 saturated carbocycles. The van der Waals surface area contributed by atoms with Crippen LogP contribution in [0.1, 0.15) is 23.6 Å². The number of ketones is 1. The van der Waals surface area contributed by atoms with Crippen LogP contribution >= 0.6 is 0 Å². The number of fused-ring (bicyclic) bond motifs is 1. The summed E-state index contributed by atoms with van der Waals surface area (Å²) >= 11 is 0. The molecule has 34 heavy (non-hydrogen) atoms. The van der Waals surface area contributed by atoms with E-state index in [1.54, 1.807) is 23.1 Å². The summed E-state index contributed by atoms with van der Waals surface area (Å²) in [6, 6.07) is 13.8. The zero-order valence-electron chi connectivity index (χ0n) is 18.9. The van der Waals surface area contributed by atoms with E-state index in [1.165, 1.54) is 0 Å². The molecule has 8 nitrogen and oxygen atoms in total. The Bertz CT molecular complexity index is 1090. The first-order valence-corrected chi connectivity index (χ1v) is 11.7. The van der Waals surface area contributed by atoms with Crippen LogP contribution in [-0.4, -0.2) is 79.2 Å². The number of rotatable bonds is 6. The molecule has 8 heteroatoms. The van der Waals surface area contributed by atoms with Crippen molar-refractivity contribution in [2.75, 3.05) is 52.6 Å². The van der Waals surface area contributed by atoms with E-state index in [9.17, 15) is 14.7 Å². The molecule has 0 aliphatic carbocycles. The van der Waals surface area contributed by atoms with E-state index in [0.717, 1.165) is 31.6 Å². The Morgan fingerprint density at radius 1 is 0.912 bits per heavy atom. The molecule has 3 heterocycles. The van der Waals surface area contributed by atoms with Crippen LogP contribution < -0.4 is 9.47 Å². The lowest BCUT2D eigenvalue weighted by molar-refractivity contribution is -0.140. The van der Waals surface area contributed by atoms with E-state index in [4.69, 9.17) is 14.2 Å². The fourth-order valence-corrected chi connectivity index (χ4v) is 4.73. The first kappa shape index (κ1) is 22.4. The number of ether oxygens (including phenoxy) is 3. The van der Waals surface area contributed by atoms with E-state index >= 15 is 0 Å². The van der Waals surface area contributed by atoms with E-state index in [1.807, 2.05) is 30.3 Å². The number of benzene rings is 2. The molecular formula is C26H28N2O6. The smallest absolute Gasteiger partial charge is 0.295 e. The molecule has 2 aromatic rings. The predicted octanol–water partition coefficient (Wildman–Crippen LogP) is 2.60. The Labute approximate surface area is 198 Å². The molecule has 0 bridgehead atoms. The van der Waals surface area contributed by atoms with Gasteiger partial charge in [0.05, 0.1) is 24.8 Å². The molecule has 3 aliphatic rings. The van der Waals surface area contributed by atoms with Gasteiger partial charge in [0.15, 0.2) is 11.5 Å². The third kappa shape index (κ3) is 4.38. The third-order valence-electron chi connectivity index (χ3n) is 6.45. The Morgan fingerprint density at radius 2 is 1.65 bits per heavy atom. The summed E-state index contributed by atoms with van der Waals surface area (Å²) in [5.41, 5.74) is 1.29. The number of likely N-dealkylation sites (tertiary alicyclic amines) is 1. The molecule has 1 atom stereocenters. The minimum absolute atomic E-state index is 0.0965. The van der Waals surface area contributed by atoms with Crippen molar-refractivity contribution in [3.8, 4) is 11.5 Å². The molecular weight excluding hydrogens is 436 g/mol. The fourth-order valence-electron chi connectivity index (χ4n) is 4.73. The predicted molar refractivity (Wildman–Crippen MR) is 125 cm³/mol. The summed E-state index contributed by atoms with van der Waals surface area (Å²) in [4.78, 5) is 30.2. The highest BCUT2D eigenvalue weighted by atomic mass is 16.6. The van der Waals surface area contributed by atoms with Crippen molar-refractivity contribution in [3.63, 3.8) is 0 Å². The van der Waals surface area contributed by atoms with Crippen LogP contribution in [0, 0.1) is 0 Å². The van der Waals surface area contributed by atoms with Gasteiger partial charge < -0.3 is 24.2 Å². The summed E-state index contributed by atoms with van der Waals surface area (Å²) in [5, 5.41) is 11.3. The molecule has 0 spiro atoms. The van der Waals surface area contributed by atoms with Gasteiger partial charge in [-0.25, -0.2) is 0 Å². The first-order valence-electron chi connectivity index (χ1n) is 11.7. The number of aliphatic hydroxyl groups excluding tert-OH is 1. The normalized spacial score (nSPS) is 22.2. The van der Waals surface area contributed by atoms with E-state index in [-0.39, 0.29) is 11.3 Å². The van der Waals surface area contributed by atoms with Gasteiger partial charge in [0.2, 0.25) is 0 Å². The highest BCUT2D eigenvalue weighted by molar-refractivity contribution is 6.46. The highest BCUT2D eigenvalue weighted by Gasteiger charge is 2.45. The van der Waals surface area contributed by atoms with Crippen LogP contribution in [0.4, 0.5) is 0 Å². The van der Waals surface area contributed by atoms with Gasteiger partial charge in [0.1, 0.15) is 19.0 Å². The summed E-state index contributed by atoms with van der Waals surface area (Å²) in [7, 11) is 0. The average molecular weight is 465 g/mol. The second-order valence-electron chi connectivity index (χ2n) is 8.57. The zero-order valence-corrected chi connectivity index (χ0v) is 18.9. The second kappa shape index (κ2) is 9.87. The first-order chi connectivity index (χ1) is 16.6. The molecule has 2 saturated heterocycles. The lowest BCUT2D eigenvalue weighted by atomic mass is 9.95. The summed E-state index contributed by atoms with van der Waals surface area (Å²) in [6.45, 7) is 5.26. The minimum Gasteiger partial charge on any atom is -0.507 e. The lowest BCUT2D eigenvalue weighted by Gasteiger charge is -2.29. The van der Waals surface area contributed by atoms with Crippen LogP contribution in [0.25, 0.3) is 5.76 Å². The number of aliphatic hydroxyl groups is 1. The van der Waals surface area contributed by atoms with E-state index < -0.39 is 17.7 Å². The minimum atomic E-state index is -0.674. The van der Waals surface area contributed by atoms with Crippen LogP contribution in [0.2, 0.25) is 0 Å². The highest BCUT2D eigenvalue weighted by Crippen LogP contribution is 2.41. The molecule has 178 valence electrons. The molecule has 2 aromatic carbocycles. The number of hydrogen-bond acceptors (Lipinski definition) is 7. The van der Waals surface area contributed by atoms with Crippen molar-refractivity contribution in [1.29, 1.82) is 0 Å². The molecule has 5 rings (SSSR count). The molecule has 3 aliphatic heterocycles. The third-order valence-corrected chi connectivity index (χ3v) is 6.45. The Balaban J connectivity index is 1.46. The largest absolute Gasteiger partial charge is 0.507 e. The maximum atomic E-state index is 13.2. The van der Waals surface area contributed by atoms with Crippen molar-refractivity contribution in [1.82, 2.24) is 9.80 Å². The van der Waals surface area contributed by atoms with Gasteiger partial charge in [0.25, 0.3) is 11.7 Å². The summed E-state index contributed by atoms with van der Waals surface area (Å²) in [6.07, 6.45) is 0.723. The van der Waals surface area contributed by atoms with Crippen LogP contribution in [0.15, 0.2) is 54.1 Å². The van der Waals surface area contributed by atoms with Gasteiger partial charge in [-0.15, -0.1) is 0 Å². The maximum Gasteiger partial charge on any atom is 0.295 e. The SMILES string of the molecule is O=C1C(=O)N(CCCN2CCOCC2)C(c2ccccc2)/C1=C(\O)c1ccc2c(c1)OCCO2. The zero-order chi connectivity index (χ0) is 23.5. The second-order valence-corrected chi connectivity index (χ2v) is 8.57. The molecule has 0 radical (unpaired) electrons. The van der Waals surface area contributed by atoms with Crippen LogP contribution in [-0.2, 0) is 14.3 Å². The van der Waals surface area contributed by atoms with Gasteiger partial charge in [0, 0.05) is 31.7 Å². The molecule has 1 unspecified atom stereocenters. The van der Waals surface area contributed by atoms with Crippen molar-refractivity contribution < 1.29 is 28.9 Å². The number of carbonyl (C=O) groups excluding carboxylic acids is 2. The molecule has 0 aromatic heterocycles.